The van der Waals surface area contributed by atoms with E-state index in [4.69, 9.17) is 23.7 Å². The fraction of sp³-hybridized carbons (Fsp3) is 0.208. The van der Waals surface area contributed by atoms with Crippen molar-refractivity contribution in [3.05, 3.63) is 70.5 Å². The van der Waals surface area contributed by atoms with E-state index in [-0.39, 0.29) is 30.4 Å². The van der Waals surface area contributed by atoms with Crippen LogP contribution in [0.1, 0.15) is 27.0 Å². The van der Waals surface area contributed by atoms with Gasteiger partial charge in [0.2, 0.25) is 6.79 Å². The summed E-state index contributed by atoms with van der Waals surface area (Å²) in [5, 5.41) is 3.08. The second kappa shape index (κ2) is 7.96. The van der Waals surface area contributed by atoms with E-state index in [1.54, 1.807) is 38.5 Å². The van der Waals surface area contributed by atoms with Crippen molar-refractivity contribution in [1.82, 2.24) is 0 Å². The molecule has 7 nitrogen and oxygen atoms in total. The van der Waals surface area contributed by atoms with Gasteiger partial charge >= 0.3 is 0 Å². The number of ketones is 1. The zero-order chi connectivity index (χ0) is 22.2. The van der Waals surface area contributed by atoms with Crippen LogP contribution in [0.15, 0.2) is 42.5 Å². The van der Waals surface area contributed by atoms with Crippen molar-refractivity contribution in [2.45, 2.75) is 13.2 Å². The minimum Gasteiger partial charge on any atom is -0.493 e. The quantitative estimate of drug-likeness (QED) is 0.638. The van der Waals surface area contributed by atoms with E-state index in [1.807, 2.05) is 12.1 Å². The van der Waals surface area contributed by atoms with Crippen LogP contribution in [0, 0.1) is 5.82 Å². The minimum absolute atomic E-state index is 0.0900. The Morgan fingerprint density at radius 3 is 2.47 bits per heavy atom. The van der Waals surface area contributed by atoms with E-state index in [1.165, 1.54) is 6.07 Å². The standard InChI is InChI=1S/C24H20FNO6/c1-28-19-4-3-13(5-21(19)29-2)10-26-18-6-14-11-30-20-9-23-22(31-12-32-23)8-16(20)24(27)15(14)7-17(18)25/h3-9,26H,10-12H2,1-2H3. The molecule has 164 valence electrons. The minimum atomic E-state index is -0.526. The summed E-state index contributed by atoms with van der Waals surface area (Å²) in [5.74, 6) is 1.73. The van der Waals surface area contributed by atoms with Crippen molar-refractivity contribution >= 4 is 11.5 Å². The molecule has 0 unspecified atom stereocenters. The van der Waals surface area contributed by atoms with Crippen molar-refractivity contribution < 1.29 is 32.9 Å². The first-order chi connectivity index (χ1) is 15.6. The number of hydrogen-bond donors (Lipinski definition) is 1. The number of halogens is 1. The first kappa shape index (κ1) is 20.0. The smallest absolute Gasteiger partial charge is 0.231 e. The van der Waals surface area contributed by atoms with Gasteiger partial charge in [-0.3, -0.25) is 4.79 Å². The molecule has 0 saturated heterocycles. The summed E-state index contributed by atoms with van der Waals surface area (Å²) in [6, 6.07) is 11.5. The zero-order valence-corrected chi connectivity index (χ0v) is 17.5. The molecule has 0 aliphatic carbocycles. The van der Waals surface area contributed by atoms with Crippen molar-refractivity contribution in [2.75, 3.05) is 26.3 Å². The Kier molecular flexibility index (Phi) is 4.97. The molecule has 0 spiro atoms. The molecule has 1 N–H and O–H groups in total. The van der Waals surface area contributed by atoms with Crippen molar-refractivity contribution in [2.24, 2.45) is 0 Å². The molecule has 32 heavy (non-hydrogen) atoms. The molecule has 0 aromatic heterocycles. The van der Waals surface area contributed by atoms with Gasteiger partial charge < -0.3 is 29.0 Å². The van der Waals surface area contributed by atoms with Gasteiger partial charge in [0.1, 0.15) is 18.2 Å². The third-order valence-corrected chi connectivity index (χ3v) is 5.47. The van der Waals surface area contributed by atoms with Crippen LogP contribution < -0.4 is 29.0 Å². The van der Waals surface area contributed by atoms with Crippen LogP contribution in [-0.2, 0) is 13.2 Å². The average molecular weight is 437 g/mol. The predicted molar refractivity (Wildman–Crippen MR) is 114 cm³/mol. The van der Waals surface area contributed by atoms with Gasteiger partial charge in [0.05, 0.1) is 25.5 Å². The third kappa shape index (κ3) is 3.43. The molecule has 8 heteroatoms. The number of fused-ring (bicyclic) bond motifs is 3. The first-order valence-corrected chi connectivity index (χ1v) is 9.95. The Labute approximate surface area is 183 Å². The molecule has 3 aromatic carbocycles. The van der Waals surface area contributed by atoms with Crippen LogP contribution in [-0.4, -0.2) is 26.8 Å². The van der Waals surface area contributed by atoms with Gasteiger partial charge in [0, 0.05) is 23.7 Å². The first-order valence-electron chi connectivity index (χ1n) is 9.95. The predicted octanol–water partition coefficient (Wildman–Crippen LogP) is 4.31. The zero-order valence-electron chi connectivity index (χ0n) is 17.5. The van der Waals surface area contributed by atoms with Gasteiger partial charge in [0.25, 0.3) is 0 Å². The number of carbonyl (C=O) groups excluding carboxylic acids is 1. The lowest BCUT2D eigenvalue weighted by atomic mass is 9.98. The maximum atomic E-state index is 14.9. The lowest BCUT2D eigenvalue weighted by molar-refractivity contribution is 0.103. The van der Waals surface area contributed by atoms with Crippen LogP contribution in [0.4, 0.5) is 10.1 Å². The molecule has 2 aliphatic rings. The summed E-state index contributed by atoms with van der Waals surface area (Å²) in [7, 11) is 3.12. The molecule has 0 radical (unpaired) electrons. The maximum absolute atomic E-state index is 14.9. The molecule has 0 atom stereocenters. The molecule has 0 bridgehead atoms. The number of hydrogen-bond acceptors (Lipinski definition) is 7. The van der Waals surface area contributed by atoms with Crippen LogP contribution in [0.25, 0.3) is 0 Å². The number of anilines is 1. The van der Waals surface area contributed by atoms with Gasteiger partial charge in [-0.25, -0.2) is 4.39 Å². The molecule has 2 aliphatic heterocycles. The number of carbonyl (C=O) groups is 1. The Hall–Kier alpha value is -3.94. The van der Waals surface area contributed by atoms with Gasteiger partial charge in [-0.15, -0.1) is 0 Å². The lowest BCUT2D eigenvalue weighted by Gasteiger charge is -2.13. The third-order valence-electron chi connectivity index (χ3n) is 5.47. The van der Waals surface area contributed by atoms with Crippen LogP contribution in [0.3, 0.4) is 0 Å². The van der Waals surface area contributed by atoms with Crippen LogP contribution in [0.2, 0.25) is 0 Å². The second-order valence-corrected chi connectivity index (χ2v) is 7.35. The Morgan fingerprint density at radius 1 is 0.906 bits per heavy atom. The van der Waals surface area contributed by atoms with E-state index in [0.29, 0.717) is 46.4 Å². The largest absolute Gasteiger partial charge is 0.493 e. The summed E-state index contributed by atoms with van der Waals surface area (Å²) in [4.78, 5) is 13.1. The van der Waals surface area contributed by atoms with Crippen molar-refractivity contribution in [1.29, 1.82) is 0 Å². The SMILES string of the molecule is COc1ccc(CNc2cc3c(cc2F)C(=O)c2cc4c(cc2OC3)OCO4)cc1OC. The normalized spacial score (nSPS) is 13.5. The van der Waals surface area contributed by atoms with E-state index < -0.39 is 5.82 Å². The van der Waals surface area contributed by atoms with Crippen molar-refractivity contribution in [3.8, 4) is 28.7 Å². The van der Waals surface area contributed by atoms with Crippen LogP contribution in [0.5, 0.6) is 28.7 Å². The average Bonchev–Trinajstić information content (AvgIpc) is 3.23. The number of rotatable bonds is 5. The highest BCUT2D eigenvalue weighted by Gasteiger charge is 2.28. The fourth-order valence-electron chi connectivity index (χ4n) is 3.79. The van der Waals surface area contributed by atoms with Crippen molar-refractivity contribution in [3.63, 3.8) is 0 Å². The summed E-state index contributed by atoms with van der Waals surface area (Å²) in [6.45, 7) is 0.568. The molecule has 0 fully saturated rings. The molecule has 2 heterocycles. The van der Waals surface area contributed by atoms with Gasteiger partial charge in [0.15, 0.2) is 28.8 Å². The summed E-state index contributed by atoms with van der Waals surface area (Å²) in [5.41, 5.74) is 2.32. The summed E-state index contributed by atoms with van der Waals surface area (Å²) in [6.07, 6.45) is 0. The fourth-order valence-corrected chi connectivity index (χ4v) is 3.79. The highest BCUT2D eigenvalue weighted by atomic mass is 19.1. The molecule has 3 aromatic rings. The van der Waals surface area contributed by atoms with Gasteiger partial charge in [-0.2, -0.15) is 0 Å². The summed E-state index contributed by atoms with van der Waals surface area (Å²) >= 11 is 0. The molecular weight excluding hydrogens is 417 g/mol. The highest BCUT2D eigenvalue weighted by molar-refractivity contribution is 6.12. The number of benzene rings is 3. The number of methoxy groups -OCH3 is 2. The van der Waals surface area contributed by atoms with E-state index in [0.717, 1.165) is 5.56 Å². The molecular formula is C24H20FNO6. The number of nitrogens with one attached hydrogen (secondary N) is 1. The Balaban J connectivity index is 1.41. The Morgan fingerprint density at radius 2 is 1.69 bits per heavy atom. The second-order valence-electron chi connectivity index (χ2n) is 7.35. The van der Waals surface area contributed by atoms with Gasteiger partial charge in [-0.1, -0.05) is 6.07 Å². The molecule has 0 amide bonds. The summed E-state index contributed by atoms with van der Waals surface area (Å²) < 4.78 is 42.0. The molecule has 0 saturated carbocycles. The maximum Gasteiger partial charge on any atom is 0.231 e. The Bertz CT molecular complexity index is 1230. The van der Waals surface area contributed by atoms with Crippen LogP contribution >= 0.6 is 0 Å². The van der Waals surface area contributed by atoms with E-state index >= 15 is 0 Å². The molecule has 5 rings (SSSR count). The lowest BCUT2D eigenvalue weighted by Crippen LogP contribution is -2.08. The van der Waals surface area contributed by atoms with Gasteiger partial charge in [-0.05, 0) is 35.9 Å². The van der Waals surface area contributed by atoms with E-state index in [2.05, 4.69) is 5.32 Å². The van der Waals surface area contributed by atoms with E-state index in [9.17, 15) is 9.18 Å². The number of ether oxygens (including phenoxy) is 5. The highest BCUT2D eigenvalue weighted by Crippen LogP contribution is 2.41. The monoisotopic (exact) mass is 437 g/mol. The topological polar surface area (TPSA) is 75.3 Å².